The predicted molar refractivity (Wildman–Crippen MR) is 84.4 cm³/mol. The van der Waals surface area contributed by atoms with Crippen LogP contribution in [0.5, 0.6) is 11.5 Å². The Morgan fingerprint density at radius 1 is 1.09 bits per heavy atom. The smallest absolute Gasteiger partial charge is 0.257 e. The van der Waals surface area contributed by atoms with E-state index in [0.717, 1.165) is 5.56 Å². The number of amides is 1. The highest BCUT2D eigenvalue weighted by Crippen LogP contribution is 2.39. The van der Waals surface area contributed by atoms with Crippen LogP contribution >= 0.6 is 0 Å². The lowest BCUT2D eigenvalue weighted by molar-refractivity contribution is 0.0735. The van der Waals surface area contributed by atoms with Crippen LogP contribution in [0.2, 0.25) is 0 Å². The summed E-state index contributed by atoms with van der Waals surface area (Å²) in [6, 6.07) is 9.44. The van der Waals surface area contributed by atoms with Crippen LogP contribution in [-0.2, 0) is 0 Å². The first-order valence-corrected chi connectivity index (χ1v) is 7.10. The van der Waals surface area contributed by atoms with E-state index in [2.05, 4.69) is 5.32 Å². The zero-order chi connectivity index (χ0) is 16.6. The molecule has 1 atom stereocenters. The molecule has 3 rings (SSSR count). The van der Waals surface area contributed by atoms with Crippen LogP contribution in [0.25, 0.3) is 0 Å². The molecule has 0 spiro atoms. The highest BCUT2D eigenvalue weighted by Gasteiger charge is 2.31. The molecule has 0 saturated carbocycles. The summed E-state index contributed by atoms with van der Waals surface area (Å²) in [6.45, 7) is 0. The zero-order valence-corrected chi connectivity index (χ0v) is 13.1. The number of fused-ring (bicyclic) bond motifs is 1. The van der Waals surface area contributed by atoms with E-state index >= 15 is 0 Å². The number of carbonyl (C=O) groups is 1. The minimum atomic E-state index is -0.381. The van der Waals surface area contributed by atoms with Crippen molar-refractivity contribution in [3.8, 4) is 11.5 Å². The summed E-state index contributed by atoms with van der Waals surface area (Å²) in [5, 5.41) is 3.29. The molecule has 0 fully saturated rings. The van der Waals surface area contributed by atoms with Gasteiger partial charge in [-0.25, -0.2) is 4.39 Å². The molecule has 1 aliphatic rings. The molecule has 0 saturated heterocycles. The van der Waals surface area contributed by atoms with Gasteiger partial charge in [-0.05, 0) is 23.8 Å². The fraction of sp³-hybridized carbons (Fsp3) is 0.235. The number of nitrogens with zero attached hydrogens (tertiary/aromatic N) is 1. The molecule has 0 aliphatic carbocycles. The topological polar surface area (TPSA) is 50.8 Å². The van der Waals surface area contributed by atoms with Crippen molar-refractivity contribution >= 4 is 11.6 Å². The van der Waals surface area contributed by atoms with Gasteiger partial charge in [0.25, 0.3) is 5.91 Å². The molecule has 0 unspecified atom stereocenters. The van der Waals surface area contributed by atoms with E-state index in [0.29, 0.717) is 22.7 Å². The summed E-state index contributed by atoms with van der Waals surface area (Å²) < 4.78 is 23.6. The summed E-state index contributed by atoms with van der Waals surface area (Å²) in [4.78, 5) is 14.2. The molecule has 0 bridgehead atoms. The zero-order valence-electron chi connectivity index (χ0n) is 13.1. The van der Waals surface area contributed by atoms with Gasteiger partial charge >= 0.3 is 0 Å². The van der Waals surface area contributed by atoms with Crippen LogP contribution in [0.4, 0.5) is 10.1 Å². The van der Waals surface area contributed by atoms with Crippen LogP contribution < -0.4 is 14.8 Å². The maximum absolute atomic E-state index is 13.1. The quantitative estimate of drug-likeness (QED) is 0.945. The van der Waals surface area contributed by atoms with E-state index in [9.17, 15) is 9.18 Å². The Kier molecular flexibility index (Phi) is 3.82. The first-order valence-electron chi connectivity index (χ1n) is 7.10. The largest absolute Gasteiger partial charge is 0.493 e. The molecule has 1 heterocycles. The summed E-state index contributed by atoms with van der Waals surface area (Å²) >= 11 is 0. The molecule has 1 aliphatic heterocycles. The number of hydrogen-bond donors (Lipinski definition) is 1. The van der Waals surface area contributed by atoms with Crippen molar-refractivity contribution in [2.24, 2.45) is 0 Å². The standard InChI is InChI=1S/C17H17FN2O3/c1-20-16(10-4-6-11(18)7-5-10)19-13-9-15(23-3)14(22-2)8-12(13)17(20)21/h4-9,16,19H,1-3H3/t16-/m1/s1. The number of benzene rings is 2. The summed E-state index contributed by atoms with van der Waals surface area (Å²) in [5.41, 5.74) is 1.95. The van der Waals surface area contributed by atoms with Crippen LogP contribution in [0.3, 0.4) is 0 Å². The van der Waals surface area contributed by atoms with E-state index in [-0.39, 0.29) is 17.9 Å². The third kappa shape index (κ3) is 2.56. The molecule has 6 heteroatoms. The Balaban J connectivity index is 2.04. The van der Waals surface area contributed by atoms with Crippen LogP contribution in [0.15, 0.2) is 36.4 Å². The predicted octanol–water partition coefficient (Wildman–Crippen LogP) is 3.04. The Hall–Kier alpha value is -2.76. The van der Waals surface area contributed by atoms with E-state index < -0.39 is 0 Å². The SMILES string of the molecule is COc1cc2c(cc1OC)C(=O)N(C)[C@H](c1ccc(F)cc1)N2. The number of nitrogens with one attached hydrogen (secondary N) is 1. The van der Waals surface area contributed by atoms with Gasteiger partial charge in [0, 0.05) is 13.1 Å². The fourth-order valence-electron chi connectivity index (χ4n) is 2.68. The lowest BCUT2D eigenvalue weighted by Gasteiger charge is -2.36. The van der Waals surface area contributed by atoms with Crippen LogP contribution in [0.1, 0.15) is 22.1 Å². The number of carbonyl (C=O) groups excluding carboxylic acids is 1. The number of halogens is 1. The van der Waals surface area contributed by atoms with Gasteiger partial charge < -0.3 is 19.7 Å². The second-order valence-electron chi connectivity index (χ2n) is 5.27. The highest BCUT2D eigenvalue weighted by atomic mass is 19.1. The van der Waals surface area contributed by atoms with Gasteiger partial charge in [-0.2, -0.15) is 0 Å². The molecule has 1 amide bonds. The number of methoxy groups -OCH3 is 2. The van der Waals surface area contributed by atoms with Gasteiger partial charge in [0.05, 0.1) is 25.5 Å². The first kappa shape index (κ1) is 15.1. The Morgan fingerprint density at radius 2 is 1.70 bits per heavy atom. The molecular formula is C17H17FN2O3. The van der Waals surface area contributed by atoms with Crippen molar-refractivity contribution in [2.45, 2.75) is 6.17 Å². The Labute approximate surface area is 133 Å². The Morgan fingerprint density at radius 3 is 2.30 bits per heavy atom. The van der Waals surface area contributed by atoms with Gasteiger partial charge in [0.2, 0.25) is 0 Å². The first-order chi connectivity index (χ1) is 11.0. The monoisotopic (exact) mass is 316 g/mol. The van der Waals surface area contributed by atoms with Gasteiger partial charge in [-0.3, -0.25) is 4.79 Å². The molecule has 5 nitrogen and oxygen atoms in total. The van der Waals surface area contributed by atoms with E-state index in [4.69, 9.17) is 9.47 Å². The second kappa shape index (κ2) is 5.79. The van der Waals surface area contributed by atoms with Crippen LogP contribution in [-0.4, -0.2) is 32.1 Å². The molecule has 120 valence electrons. The second-order valence-corrected chi connectivity index (χ2v) is 5.27. The van der Waals surface area contributed by atoms with Gasteiger partial charge in [-0.1, -0.05) is 12.1 Å². The number of rotatable bonds is 3. The molecule has 23 heavy (non-hydrogen) atoms. The van der Waals surface area contributed by atoms with Crippen LogP contribution in [0, 0.1) is 5.82 Å². The maximum atomic E-state index is 13.1. The van der Waals surface area contributed by atoms with Gasteiger partial charge in [0.15, 0.2) is 11.5 Å². The third-order valence-corrected chi connectivity index (χ3v) is 3.94. The molecular weight excluding hydrogens is 299 g/mol. The maximum Gasteiger partial charge on any atom is 0.257 e. The lowest BCUT2D eigenvalue weighted by atomic mass is 10.0. The third-order valence-electron chi connectivity index (χ3n) is 3.94. The molecule has 2 aromatic carbocycles. The molecule has 2 aromatic rings. The van der Waals surface area contributed by atoms with Gasteiger partial charge in [0.1, 0.15) is 12.0 Å². The molecule has 0 radical (unpaired) electrons. The molecule has 1 N–H and O–H groups in total. The minimum absolute atomic E-state index is 0.144. The minimum Gasteiger partial charge on any atom is -0.493 e. The van der Waals surface area contributed by atoms with Crippen molar-refractivity contribution in [2.75, 3.05) is 26.6 Å². The summed E-state index contributed by atoms with van der Waals surface area (Å²) in [7, 11) is 4.76. The normalized spacial score (nSPS) is 16.6. The average molecular weight is 316 g/mol. The van der Waals surface area contributed by atoms with Crippen molar-refractivity contribution in [1.29, 1.82) is 0 Å². The number of hydrogen-bond acceptors (Lipinski definition) is 4. The molecule has 0 aromatic heterocycles. The average Bonchev–Trinajstić information content (AvgIpc) is 2.58. The van der Waals surface area contributed by atoms with Gasteiger partial charge in [-0.15, -0.1) is 0 Å². The lowest BCUT2D eigenvalue weighted by Crippen LogP contribution is -2.40. The van der Waals surface area contributed by atoms with Crippen molar-refractivity contribution in [1.82, 2.24) is 4.90 Å². The Bertz CT molecular complexity index is 746. The van der Waals surface area contributed by atoms with Crippen molar-refractivity contribution in [3.05, 3.63) is 53.3 Å². The van der Waals surface area contributed by atoms with E-state index in [1.165, 1.54) is 19.2 Å². The van der Waals surface area contributed by atoms with Crippen molar-refractivity contribution in [3.63, 3.8) is 0 Å². The van der Waals surface area contributed by atoms with E-state index in [1.807, 2.05) is 0 Å². The highest BCUT2D eigenvalue weighted by molar-refractivity contribution is 6.02. The van der Waals surface area contributed by atoms with Crippen molar-refractivity contribution < 1.29 is 18.7 Å². The summed E-state index contributed by atoms with van der Waals surface area (Å²) in [6.07, 6.45) is -0.381. The number of anilines is 1. The van der Waals surface area contributed by atoms with E-state index in [1.54, 1.807) is 43.3 Å². The summed E-state index contributed by atoms with van der Waals surface area (Å²) in [5.74, 6) is 0.573. The number of ether oxygens (including phenoxy) is 2. The fourth-order valence-corrected chi connectivity index (χ4v) is 2.68.